The van der Waals surface area contributed by atoms with Crippen LogP contribution in [0.5, 0.6) is 0 Å². The number of nitrogens with zero attached hydrogens (tertiary/aromatic N) is 2. The van der Waals surface area contributed by atoms with Crippen molar-refractivity contribution in [2.75, 3.05) is 5.32 Å². The predicted octanol–water partition coefficient (Wildman–Crippen LogP) is 2.70. The number of hydrogen-bond acceptors (Lipinski definition) is 4. The van der Waals surface area contributed by atoms with Crippen molar-refractivity contribution in [2.45, 2.75) is 45.6 Å². The van der Waals surface area contributed by atoms with Crippen LogP contribution in [0.2, 0.25) is 0 Å². The highest BCUT2D eigenvalue weighted by Crippen LogP contribution is 2.45. The summed E-state index contributed by atoms with van der Waals surface area (Å²) in [6.07, 6.45) is 3.46. The summed E-state index contributed by atoms with van der Waals surface area (Å²) in [6.45, 7) is 6.62. The van der Waals surface area contributed by atoms with Gasteiger partial charge in [-0.3, -0.25) is 0 Å². The van der Waals surface area contributed by atoms with E-state index in [1.807, 2.05) is 0 Å². The monoisotopic (exact) mass is 211 g/mol. The van der Waals surface area contributed by atoms with Crippen LogP contribution in [0.1, 0.15) is 39.4 Å². The molecule has 0 radical (unpaired) electrons. The van der Waals surface area contributed by atoms with Gasteiger partial charge in [-0.25, -0.2) is 4.98 Å². The van der Waals surface area contributed by atoms with Crippen LogP contribution in [-0.2, 0) is 6.42 Å². The molecule has 0 bridgehead atoms. The summed E-state index contributed by atoms with van der Waals surface area (Å²) in [5.41, 5.74) is 0.324. The molecule has 3 nitrogen and oxygen atoms in total. The Bertz CT molecular complexity index is 315. The van der Waals surface area contributed by atoms with Crippen LogP contribution >= 0.6 is 11.5 Å². The fourth-order valence-corrected chi connectivity index (χ4v) is 2.40. The van der Waals surface area contributed by atoms with E-state index in [2.05, 4.69) is 35.4 Å². The van der Waals surface area contributed by atoms with Crippen molar-refractivity contribution in [3.05, 3.63) is 5.82 Å². The SMILES string of the molecule is CCc1nsc(NC2(C(C)C)CC2)n1. The lowest BCUT2D eigenvalue weighted by Crippen LogP contribution is -2.27. The maximum absolute atomic E-state index is 4.43. The first kappa shape index (κ1) is 9.90. The third-order valence-electron chi connectivity index (χ3n) is 3.03. The third-order valence-corrected chi connectivity index (χ3v) is 3.70. The first-order valence-corrected chi connectivity index (χ1v) is 6.04. The van der Waals surface area contributed by atoms with Gasteiger partial charge in [0, 0.05) is 23.5 Å². The normalized spacial score (nSPS) is 18.6. The van der Waals surface area contributed by atoms with Gasteiger partial charge in [0.05, 0.1) is 0 Å². The fourth-order valence-electron chi connectivity index (χ4n) is 1.64. The molecule has 0 saturated heterocycles. The number of rotatable bonds is 4. The van der Waals surface area contributed by atoms with E-state index in [1.54, 1.807) is 0 Å². The molecule has 4 heteroatoms. The zero-order valence-electron chi connectivity index (χ0n) is 9.00. The molecule has 78 valence electrons. The lowest BCUT2D eigenvalue weighted by molar-refractivity contribution is 0.511. The fraction of sp³-hybridized carbons (Fsp3) is 0.800. The zero-order valence-corrected chi connectivity index (χ0v) is 9.82. The molecule has 0 spiro atoms. The van der Waals surface area contributed by atoms with Crippen LogP contribution in [0.3, 0.4) is 0 Å². The molecule has 2 rings (SSSR count). The van der Waals surface area contributed by atoms with Gasteiger partial charge in [0.15, 0.2) is 0 Å². The summed E-state index contributed by atoms with van der Waals surface area (Å²) in [5, 5.41) is 4.52. The van der Waals surface area contributed by atoms with Crippen molar-refractivity contribution in [2.24, 2.45) is 5.92 Å². The van der Waals surface area contributed by atoms with Gasteiger partial charge in [-0.2, -0.15) is 4.37 Å². The van der Waals surface area contributed by atoms with Gasteiger partial charge in [-0.1, -0.05) is 20.8 Å². The number of hydrogen-bond donors (Lipinski definition) is 1. The van der Waals surface area contributed by atoms with Crippen molar-refractivity contribution in [3.8, 4) is 0 Å². The Balaban J connectivity index is 2.04. The molecule has 0 unspecified atom stereocenters. The summed E-state index contributed by atoms with van der Waals surface area (Å²) in [7, 11) is 0. The Hall–Kier alpha value is -0.640. The number of aromatic nitrogens is 2. The Kier molecular flexibility index (Phi) is 2.47. The second kappa shape index (κ2) is 3.50. The Morgan fingerprint density at radius 1 is 1.50 bits per heavy atom. The molecule has 1 N–H and O–H groups in total. The average molecular weight is 211 g/mol. The van der Waals surface area contributed by atoms with E-state index in [4.69, 9.17) is 0 Å². The van der Waals surface area contributed by atoms with Gasteiger partial charge in [0.1, 0.15) is 5.82 Å². The molecule has 1 aromatic heterocycles. The quantitative estimate of drug-likeness (QED) is 0.832. The zero-order chi connectivity index (χ0) is 10.2. The molecule has 1 aliphatic rings. The van der Waals surface area contributed by atoms with Crippen LogP contribution in [0, 0.1) is 5.92 Å². The van der Waals surface area contributed by atoms with Crippen molar-refractivity contribution in [1.29, 1.82) is 0 Å². The molecule has 1 saturated carbocycles. The summed E-state index contributed by atoms with van der Waals surface area (Å²) < 4.78 is 4.27. The van der Waals surface area contributed by atoms with Crippen molar-refractivity contribution < 1.29 is 0 Å². The van der Waals surface area contributed by atoms with Gasteiger partial charge >= 0.3 is 0 Å². The van der Waals surface area contributed by atoms with Crippen LogP contribution < -0.4 is 5.32 Å². The van der Waals surface area contributed by atoms with Crippen LogP contribution in [-0.4, -0.2) is 14.9 Å². The molecule has 14 heavy (non-hydrogen) atoms. The average Bonchev–Trinajstić information content (AvgIpc) is 2.78. The number of aryl methyl sites for hydroxylation is 1. The molecule has 1 aliphatic carbocycles. The molecule has 0 aliphatic heterocycles. The minimum Gasteiger partial charge on any atom is -0.355 e. The number of nitrogens with one attached hydrogen (secondary N) is 1. The topological polar surface area (TPSA) is 37.8 Å². The van der Waals surface area contributed by atoms with Crippen molar-refractivity contribution in [3.63, 3.8) is 0 Å². The van der Waals surface area contributed by atoms with Gasteiger partial charge in [-0.15, -0.1) is 0 Å². The first-order valence-electron chi connectivity index (χ1n) is 5.27. The smallest absolute Gasteiger partial charge is 0.203 e. The standard InChI is InChI=1S/C10H17N3S/c1-4-8-11-9(14-13-8)12-10(5-6-10)7(2)3/h7H,4-6H2,1-3H3,(H,11,12,13). The Morgan fingerprint density at radius 2 is 2.21 bits per heavy atom. The van der Waals surface area contributed by atoms with Crippen LogP contribution in [0.25, 0.3) is 0 Å². The molecule has 1 fully saturated rings. The predicted molar refractivity (Wildman–Crippen MR) is 59.7 cm³/mol. The summed E-state index contributed by atoms with van der Waals surface area (Å²) >= 11 is 1.49. The van der Waals surface area contributed by atoms with E-state index in [0.29, 0.717) is 11.5 Å². The van der Waals surface area contributed by atoms with Crippen LogP contribution in [0.15, 0.2) is 0 Å². The van der Waals surface area contributed by atoms with E-state index in [0.717, 1.165) is 17.4 Å². The van der Waals surface area contributed by atoms with Crippen molar-refractivity contribution in [1.82, 2.24) is 9.36 Å². The molecule has 0 amide bonds. The molecule has 1 aromatic rings. The summed E-state index contributed by atoms with van der Waals surface area (Å²) in [4.78, 5) is 4.43. The summed E-state index contributed by atoms with van der Waals surface area (Å²) in [5.74, 6) is 1.63. The second-order valence-electron chi connectivity index (χ2n) is 4.31. The molecule has 1 heterocycles. The minimum absolute atomic E-state index is 0.324. The number of anilines is 1. The molecule has 0 atom stereocenters. The second-order valence-corrected chi connectivity index (χ2v) is 5.06. The van der Waals surface area contributed by atoms with E-state index in [1.165, 1.54) is 24.4 Å². The third kappa shape index (κ3) is 1.75. The Labute approximate surface area is 89.1 Å². The van der Waals surface area contributed by atoms with Crippen LogP contribution in [0.4, 0.5) is 5.13 Å². The van der Waals surface area contributed by atoms with E-state index in [9.17, 15) is 0 Å². The lowest BCUT2D eigenvalue weighted by Gasteiger charge is -2.20. The first-order chi connectivity index (χ1) is 6.66. The van der Waals surface area contributed by atoms with E-state index >= 15 is 0 Å². The highest BCUT2D eigenvalue weighted by Gasteiger charge is 2.45. The molecule has 0 aromatic carbocycles. The minimum atomic E-state index is 0.324. The van der Waals surface area contributed by atoms with E-state index in [-0.39, 0.29) is 0 Å². The van der Waals surface area contributed by atoms with Gasteiger partial charge in [-0.05, 0) is 18.8 Å². The van der Waals surface area contributed by atoms with Gasteiger partial charge in [0.2, 0.25) is 5.13 Å². The molecular formula is C10H17N3S. The highest BCUT2D eigenvalue weighted by atomic mass is 32.1. The van der Waals surface area contributed by atoms with E-state index < -0.39 is 0 Å². The van der Waals surface area contributed by atoms with Gasteiger partial charge < -0.3 is 5.32 Å². The largest absolute Gasteiger partial charge is 0.355 e. The molecular weight excluding hydrogens is 194 g/mol. The maximum Gasteiger partial charge on any atom is 0.203 e. The van der Waals surface area contributed by atoms with Crippen molar-refractivity contribution >= 4 is 16.7 Å². The maximum atomic E-state index is 4.43. The Morgan fingerprint density at radius 3 is 2.64 bits per heavy atom. The summed E-state index contributed by atoms with van der Waals surface area (Å²) in [6, 6.07) is 0. The lowest BCUT2D eigenvalue weighted by atomic mass is 10.0. The van der Waals surface area contributed by atoms with Gasteiger partial charge in [0.25, 0.3) is 0 Å². The highest BCUT2D eigenvalue weighted by molar-refractivity contribution is 7.09.